The van der Waals surface area contributed by atoms with Crippen molar-refractivity contribution in [3.05, 3.63) is 65.2 Å². The lowest BCUT2D eigenvalue weighted by Crippen LogP contribution is -2.51. The zero-order chi connectivity index (χ0) is 19.8. The van der Waals surface area contributed by atoms with Crippen molar-refractivity contribution in [1.29, 1.82) is 0 Å². The number of nitrogens with zero attached hydrogens (tertiary/aromatic N) is 2. The quantitative estimate of drug-likeness (QED) is 0.669. The van der Waals surface area contributed by atoms with Gasteiger partial charge in [-0.2, -0.15) is 0 Å². The van der Waals surface area contributed by atoms with Crippen LogP contribution < -0.4 is 4.74 Å². The lowest BCUT2D eigenvalue weighted by Gasteiger charge is -2.35. The molecular formula is C22H25ClN2O3. The number of benzene rings is 2. The molecule has 0 bridgehead atoms. The molecule has 2 aromatic rings. The fourth-order valence-electron chi connectivity index (χ4n) is 3.18. The number of hydrogen-bond donors (Lipinski definition) is 0. The first-order valence-electron chi connectivity index (χ1n) is 9.59. The Kier molecular flexibility index (Phi) is 7.31. The van der Waals surface area contributed by atoms with Gasteiger partial charge in [-0.3, -0.25) is 9.59 Å². The molecule has 0 unspecified atom stereocenters. The Morgan fingerprint density at radius 3 is 2.11 bits per heavy atom. The summed E-state index contributed by atoms with van der Waals surface area (Å²) in [6.07, 6.45) is 1.51. The van der Waals surface area contributed by atoms with E-state index in [1.54, 1.807) is 12.1 Å². The second kappa shape index (κ2) is 10.1. The van der Waals surface area contributed by atoms with Crippen LogP contribution in [0.1, 0.15) is 18.4 Å². The van der Waals surface area contributed by atoms with Gasteiger partial charge in [-0.25, -0.2) is 0 Å². The molecule has 0 radical (unpaired) electrons. The van der Waals surface area contributed by atoms with Crippen LogP contribution in [0.4, 0.5) is 0 Å². The van der Waals surface area contributed by atoms with Crippen LogP contribution in [0.25, 0.3) is 0 Å². The molecule has 0 aliphatic carbocycles. The van der Waals surface area contributed by atoms with Crippen LogP contribution in [0.5, 0.6) is 5.75 Å². The largest absolute Gasteiger partial charge is 0.494 e. The van der Waals surface area contributed by atoms with Gasteiger partial charge in [0, 0.05) is 37.6 Å². The zero-order valence-electron chi connectivity index (χ0n) is 15.9. The second-order valence-electron chi connectivity index (χ2n) is 6.83. The number of hydrogen-bond acceptors (Lipinski definition) is 3. The summed E-state index contributed by atoms with van der Waals surface area (Å²) in [6.45, 7) is 2.86. The molecule has 1 heterocycles. The van der Waals surface area contributed by atoms with E-state index in [1.165, 1.54) is 0 Å². The number of halogens is 1. The standard InChI is InChI=1S/C22H25ClN2O3/c23-19-10-8-18(9-11-19)17-22(27)25-14-12-24(13-15-25)21(26)7-4-16-28-20-5-2-1-3-6-20/h1-3,5-6,8-11H,4,7,12-17H2. The first-order chi connectivity index (χ1) is 13.6. The van der Waals surface area contributed by atoms with Gasteiger partial charge in [0.15, 0.2) is 0 Å². The maximum absolute atomic E-state index is 12.4. The topological polar surface area (TPSA) is 49.9 Å². The molecule has 1 aliphatic rings. The van der Waals surface area contributed by atoms with Gasteiger partial charge < -0.3 is 14.5 Å². The summed E-state index contributed by atoms with van der Waals surface area (Å²) < 4.78 is 5.62. The minimum absolute atomic E-state index is 0.0886. The van der Waals surface area contributed by atoms with E-state index in [4.69, 9.17) is 16.3 Å². The molecule has 0 N–H and O–H groups in total. The van der Waals surface area contributed by atoms with Crippen molar-refractivity contribution < 1.29 is 14.3 Å². The predicted molar refractivity (Wildman–Crippen MR) is 109 cm³/mol. The van der Waals surface area contributed by atoms with Crippen LogP contribution in [0.2, 0.25) is 5.02 Å². The number of para-hydroxylation sites is 1. The zero-order valence-corrected chi connectivity index (χ0v) is 16.6. The smallest absolute Gasteiger partial charge is 0.227 e. The van der Waals surface area contributed by atoms with Crippen LogP contribution in [-0.4, -0.2) is 54.4 Å². The summed E-state index contributed by atoms with van der Waals surface area (Å²) in [4.78, 5) is 28.5. The number of amides is 2. The predicted octanol–water partition coefficient (Wildman–Crippen LogP) is 3.41. The summed E-state index contributed by atoms with van der Waals surface area (Å²) in [5.41, 5.74) is 0.950. The van der Waals surface area contributed by atoms with Gasteiger partial charge >= 0.3 is 0 Å². The Morgan fingerprint density at radius 1 is 0.857 bits per heavy atom. The number of piperazine rings is 1. The normalized spacial score (nSPS) is 14.0. The lowest BCUT2D eigenvalue weighted by molar-refractivity contribution is -0.139. The maximum Gasteiger partial charge on any atom is 0.227 e. The van der Waals surface area contributed by atoms with E-state index < -0.39 is 0 Å². The van der Waals surface area contributed by atoms with E-state index in [2.05, 4.69) is 0 Å². The molecule has 0 spiro atoms. The summed E-state index contributed by atoms with van der Waals surface area (Å²) >= 11 is 5.88. The van der Waals surface area contributed by atoms with Crippen LogP contribution in [0, 0.1) is 0 Å². The van der Waals surface area contributed by atoms with Crippen molar-refractivity contribution in [2.75, 3.05) is 32.8 Å². The van der Waals surface area contributed by atoms with Crippen molar-refractivity contribution in [1.82, 2.24) is 9.80 Å². The fraction of sp³-hybridized carbons (Fsp3) is 0.364. The molecule has 1 saturated heterocycles. The molecule has 28 heavy (non-hydrogen) atoms. The summed E-state index contributed by atoms with van der Waals surface area (Å²) in [5.74, 6) is 1.04. The van der Waals surface area contributed by atoms with Crippen molar-refractivity contribution in [2.24, 2.45) is 0 Å². The van der Waals surface area contributed by atoms with Gasteiger partial charge in [-0.1, -0.05) is 41.9 Å². The first-order valence-corrected chi connectivity index (χ1v) is 9.97. The third kappa shape index (κ3) is 5.99. The molecule has 1 aliphatic heterocycles. The van der Waals surface area contributed by atoms with Gasteiger partial charge in [-0.15, -0.1) is 0 Å². The van der Waals surface area contributed by atoms with Crippen molar-refractivity contribution >= 4 is 23.4 Å². The highest BCUT2D eigenvalue weighted by Crippen LogP contribution is 2.13. The highest BCUT2D eigenvalue weighted by atomic mass is 35.5. The SMILES string of the molecule is O=C(CCCOc1ccccc1)N1CCN(C(=O)Cc2ccc(Cl)cc2)CC1. The minimum Gasteiger partial charge on any atom is -0.494 e. The van der Waals surface area contributed by atoms with Crippen LogP contribution in [0.3, 0.4) is 0 Å². The van der Waals surface area contributed by atoms with E-state index in [9.17, 15) is 9.59 Å². The van der Waals surface area contributed by atoms with E-state index in [0.717, 1.165) is 11.3 Å². The molecule has 5 nitrogen and oxygen atoms in total. The number of carbonyl (C=O) groups is 2. The van der Waals surface area contributed by atoms with Gasteiger partial charge in [0.2, 0.25) is 11.8 Å². The summed E-state index contributed by atoms with van der Waals surface area (Å²) in [7, 11) is 0. The number of rotatable bonds is 7. The van der Waals surface area contributed by atoms with Crippen molar-refractivity contribution in [2.45, 2.75) is 19.3 Å². The average Bonchev–Trinajstić information content (AvgIpc) is 2.73. The first kappa shape index (κ1) is 20.2. The van der Waals surface area contributed by atoms with Gasteiger partial charge in [0.1, 0.15) is 5.75 Å². The van der Waals surface area contributed by atoms with Crippen LogP contribution >= 0.6 is 11.6 Å². The van der Waals surface area contributed by atoms with Crippen molar-refractivity contribution in [3.8, 4) is 5.75 Å². The molecule has 0 atom stereocenters. The highest BCUT2D eigenvalue weighted by molar-refractivity contribution is 6.30. The number of carbonyl (C=O) groups excluding carboxylic acids is 2. The molecule has 148 valence electrons. The Labute approximate surface area is 170 Å². The van der Waals surface area contributed by atoms with E-state index >= 15 is 0 Å². The highest BCUT2D eigenvalue weighted by Gasteiger charge is 2.23. The second-order valence-corrected chi connectivity index (χ2v) is 7.27. The van der Waals surface area contributed by atoms with Gasteiger partial charge in [-0.05, 0) is 36.2 Å². The Hall–Kier alpha value is -2.53. The molecule has 2 amide bonds. The van der Waals surface area contributed by atoms with E-state index in [0.29, 0.717) is 57.1 Å². The Balaban J connectivity index is 1.35. The van der Waals surface area contributed by atoms with E-state index in [-0.39, 0.29) is 11.8 Å². The van der Waals surface area contributed by atoms with Gasteiger partial charge in [0.25, 0.3) is 0 Å². The number of ether oxygens (including phenoxy) is 1. The minimum atomic E-state index is 0.0886. The summed E-state index contributed by atoms with van der Waals surface area (Å²) in [5, 5.41) is 0.664. The van der Waals surface area contributed by atoms with Gasteiger partial charge in [0.05, 0.1) is 13.0 Å². The average molecular weight is 401 g/mol. The third-order valence-electron chi connectivity index (χ3n) is 4.80. The monoisotopic (exact) mass is 400 g/mol. The third-order valence-corrected chi connectivity index (χ3v) is 5.05. The molecule has 0 saturated carbocycles. The van der Waals surface area contributed by atoms with E-state index in [1.807, 2.05) is 52.3 Å². The van der Waals surface area contributed by atoms with Crippen molar-refractivity contribution in [3.63, 3.8) is 0 Å². The molecule has 0 aromatic heterocycles. The molecule has 6 heteroatoms. The maximum atomic E-state index is 12.4. The summed E-state index contributed by atoms with van der Waals surface area (Å²) in [6, 6.07) is 16.9. The molecule has 3 rings (SSSR count). The van der Waals surface area contributed by atoms with Crippen LogP contribution in [-0.2, 0) is 16.0 Å². The lowest BCUT2D eigenvalue weighted by atomic mass is 10.1. The fourth-order valence-corrected chi connectivity index (χ4v) is 3.31. The molecule has 1 fully saturated rings. The molecular weight excluding hydrogens is 376 g/mol. The molecule has 2 aromatic carbocycles. The Bertz CT molecular complexity index is 772. The van der Waals surface area contributed by atoms with Crippen LogP contribution in [0.15, 0.2) is 54.6 Å². The Morgan fingerprint density at radius 2 is 1.46 bits per heavy atom.